The molecule has 0 aliphatic heterocycles. The van der Waals surface area contributed by atoms with Gasteiger partial charge in [-0.1, -0.05) is 42.5 Å². The van der Waals surface area contributed by atoms with Crippen molar-refractivity contribution in [3.05, 3.63) is 65.7 Å². The molecule has 3 nitrogen and oxygen atoms in total. The molecule has 96 valence electrons. The molecule has 0 spiro atoms. The van der Waals surface area contributed by atoms with Crippen LogP contribution in [0.2, 0.25) is 0 Å². The summed E-state index contributed by atoms with van der Waals surface area (Å²) in [5, 5.41) is 2.70. The summed E-state index contributed by atoms with van der Waals surface area (Å²) < 4.78 is 0. The van der Waals surface area contributed by atoms with E-state index < -0.39 is 0 Å². The van der Waals surface area contributed by atoms with Gasteiger partial charge in [-0.3, -0.25) is 9.59 Å². The van der Waals surface area contributed by atoms with Gasteiger partial charge < -0.3 is 5.32 Å². The Morgan fingerprint density at radius 1 is 0.947 bits per heavy atom. The Bertz CT molecular complexity index is 591. The van der Waals surface area contributed by atoms with Crippen LogP contribution >= 0.6 is 0 Å². The molecule has 0 unspecified atom stereocenters. The quantitative estimate of drug-likeness (QED) is 0.671. The summed E-state index contributed by atoms with van der Waals surface area (Å²) in [6.45, 7) is 1.86. The summed E-state index contributed by atoms with van der Waals surface area (Å²) in [5.41, 5.74) is 2.19. The van der Waals surface area contributed by atoms with Crippen LogP contribution in [-0.2, 0) is 4.79 Å². The summed E-state index contributed by atoms with van der Waals surface area (Å²) in [5.74, 6) is -0.453. The van der Waals surface area contributed by atoms with Gasteiger partial charge in [0.2, 0.25) is 5.91 Å². The van der Waals surface area contributed by atoms with Gasteiger partial charge >= 0.3 is 0 Å². The fraction of sp³-hybridized carbons (Fsp3) is 0.125. The van der Waals surface area contributed by atoms with E-state index in [9.17, 15) is 9.59 Å². The van der Waals surface area contributed by atoms with Gasteiger partial charge in [-0.2, -0.15) is 0 Å². The van der Waals surface area contributed by atoms with E-state index in [-0.39, 0.29) is 18.1 Å². The largest absolute Gasteiger partial charge is 0.326 e. The Hall–Kier alpha value is -2.42. The summed E-state index contributed by atoms with van der Waals surface area (Å²) in [6.07, 6.45) is -0.139. The second kappa shape index (κ2) is 5.96. The number of nitrogens with one attached hydrogen (secondary N) is 1. The highest BCUT2D eigenvalue weighted by Crippen LogP contribution is 2.11. The predicted molar refractivity (Wildman–Crippen MR) is 75.2 cm³/mol. The van der Waals surface area contributed by atoms with E-state index >= 15 is 0 Å². The molecule has 19 heavy (non-hydrogen) atoms. The van der Waals surface area contributed by atoms with Crippen LogP contribution in [0.4, 0.5) is 5.69 Å². The fourth-order valence-corrected chi connectivity index (χ4v) is 1.85. The molecule has 2 rings (SSSR count). The molecule has 0 aliphatic carbocycles. The van der Waals surface area contributed by atoms with E-state index in [0.29, 0.717) is 11.3 Å². The Morgan fingerprint density at radius 3 is 2.26 bits per heavy atom. The zero-order valence-electron chi connectivity index (χ0n) is 10.7. The first-order chi connectivity index (χ1) is 9.16. The van der Waals surface area contributed by atoms with Crippen molar-refractivity contribution < 1.29 is 9.59 Å². The molecule has 0 atom stereocenters. The number of para-hydroxylation sites is 1. The Kier molecular flexibility index (Phi) is 4.08. The molecular weight excluding hydrogens is 238 g/mol. The molecule has 3 heteroatoms. The summed E-state index contributed by atoms with van der Waals surface area (Å²) in [6, 6.07) is 16.4. The third-order valence-electron chi connectivity index (χ3n) is 2.82. The number of ketones is 1. The van der Waals surface area contributed by atoms with E-state index in [0.717, 1.165) is 5.56 Å². The number of rotatable bonds is 4. The van der Waals surface area contributed by atoms with E-state index in [2.05, 4.69) is 5.32 Å². The standard InChI is InChI=1S/C16H15NO2/c1-12-7-5-6-10-14(12)15(18)11-16(19)17-13-8-3-2-4-9-13/h2-10H,11H2,1H3,(H,17,19). The second-order valence-corrected chi connectivity index (χ2v) is 4.33. The van der Waals surface area contributed by atoms with Gasteiger partial charge in [0.1, 0.15) is 0 Å². The lowest BCUT2D eigenvalue weighted by Gasteiger charge is -2.06. The molecule has 0 radical (unpaired) electrons. The molecule has 0 bridgehead atoms. The Labute approximate surface area is 112 Å². The maximum absolute atomic E-state index is 12.0. The summed E-state index contributed by atoms with van der Waals surface area (Å²) in [7, 11) is 0. The maximum Gasteiger partial charge on any atom is 0.232 e. The van der Waals surface area contributed by atoms with Crippen LogP contribution in [-0.4, -0.2) is 11.7 Å². The van der Waals surface area contributed by atoms with Crippen LogP contribution in [0.25, 0.3) is 0 Å². The third kappa shape index (κ3) is 3.52. The first kappa shape index (κ1) is 13.0. The fourth-order valence-electron chi connectivity index (χ4n) is 1.85. The molecule has 1 N–H and O–H groups in total. The topological polar surface area (TPSA) is 46.2 Å². The van der Waals surface area contributed by atoms with Crippen molar-refractivity contribution in [3.63, 3.8) is 0 Å². The molecule has 0 aliphatic rings. The number of carbonyl (C=O) groups is 2. The van der Waals surface area contributed by atoms with Gasteiger partial charge in [0.25, 0.3) is 0 Å². The number of hydrogen-bond acceptors (Lipinski definition) is 2. The highest BCUT2D eigenvalue weighted by Gasteiger charge is 2.13. The summed E-state index contributed by atoms with van der Waals surface area (Å²) in [4.78, 5) is 23.8. The summed E-state index contributed by atoms with van der Waals surface area (Å²) >= 11 is 0. The maximum atomic E-state index is 12.0. The van der Waals surface area contributed by atoms with Crippen LogP contribution in [0.3, 0.4) is 0 Å². The van der Waals surface area contributed by atoms with E-state index in [1.165, 1.54) is 0 Å². The van der Waals surface area contributed by atoms with Gasteiger partial charge in [0.05, 0.1) is 6.42 Å². The SMILES string of the molecule is Cc1ccccc1C(=O)CC(=O)Nc1ccccc1. The van der Waals surface area contributed by atoms with Crippen molar-refractivity contribution in [1.82, 2.24) is 0 Å². The highest BCUT2D eigenvalue weighted by molar-refractivity contribution is 6.11. The van der Waals surface area contributed by atoms with Gasteiger partial charge in [0.15, 0.2) is 5.78 Å². The smallest absolute Gasteiger partial charge is 0.232 e. The number of anilines is 1. The normalized spacial score (nSPS) is 9.95. The molecule has 2 aromatic carbocycles. The van der Waals surface area contributed by atoms with Crippen LogP contribution in [0.1, 0.15) is 22.3 Å². The van der Waals surface area contributed by atoms with Gasteiger partial charge in [-0.25, -0.2) is 0 Å². The minimum absolute atomic E-state index is 0.139. The van der Waals surface area contributed by atoms with Gasteiger partial charge in [0, 0.05) is 11.3 Å². The molecule has 0 aromatic heterocycles. The zero-order chi connectivity index (χ0) is 13.7. The molecular formula is C16H15NO2. The first-order valence-corrected chi connectivity index (χ1v) is 6.10. The molecule has 0 saturated carbocycles. The van der Waals surface area contributed by atoms with Crippen LogP contribution < -0.4 is 5.32 Å². The van der Waals surface area contributed by atoms with Crippen LogP contribution in [0.5, 0.6) is 0 Å². The van der Waals surface area contributed by atoms with Gasteiger partial charge in [-0.05, 0) is 24.6 Å². The highest BCUT2D eigenvalue weighted by atomic mass is 16.2. The van der Waals surface area contributed by atoms with Crippen molar-refractivity contribution in [2.24, 2.45) is 0 Å². The van der Waals surface area contributed by atoms with Crippen LogP contribution in [0.15, 0.2) is 54.6 Å². The van der Waals surface area contributed by atoms with Gasteiger partial charge in [-0.15, -0.1) is 0 Å². The lowest BCUT2D eigenvalue weighted by atomic mass is 10.0. The van der Waals surface area contributed by atoms with Crippen molar-refractivity contribution in [2.75, 3.05) is 5.32 Å². The molecule has 2 aromatic rings. The zero-order valence-corrected chi connectivity index (χ0v) is 10.7. The minimum Gasteiger partial charge on any atom is -0.326 e. The lowest BCUT2D eigenvalue weighted by molar-refractivity contribution is -0.115. The number of benzene rings is 2. The molecule has 0 fully saturated rings. The molecule has 0 heterocycles. The van der Waals surface area contributed by atoms with Crippen molar-refractivity contribution in [3.8, 4) is 0 Å². The second-order valence-electron chi connectivity index (χ2n) is 4.33. The lowest BCUT2D eigenvalue weighted by Crippen LogP contribution is -2.17. The van der Waals surface area contributed by atoms with E-state index in [1.54, 1.807) is 24.3 Å². The van der Waals surface area contributed by atoms with Crippen molar-refractivity contribution in [1.29, 1.82) is 0 Å². The number of carbonyl (C=O) groups excluding carboxylic acids is 2. The van der Waals surface area contributed by atoms with Crippen molar-refractivity contribution >= 4 is 17.4 Å². The van der Waals surface area contributed by atoms with Crippen molar-refractivity contribution in [2.45, 2.75) is 13.3 Å². The Morgan fingerprint density at radius 2 is 1.58 bits per heavy atom. The number of aryl methyl sites for hydroxylation is 1. The molecule has 1 amide bonds. The predicted octanol–water partition coefficient (Wildman–Crippen LogP) is 3.21. The molecule has 0 saturated heterocycles. The van der Waals surface area contributed by atoms with E-state index in [4.69, 9.17) is 0 Å². The monoisotopic (exact) mass is 253 g/mol. The number of amides is 1. The average molecular weight is 253 g/mol. The Balaban J connectivity index is 2.00. The van der Waals surface area contributed by atoms with Crippen LogP contribution in [0, 0.1) is 6.92 Å². The third-order valence-corrected chi connectivity index (χ3v) is 2.82. The number of hydrogen-bond donors (Lipinski definition) is 1. The van der Waals surface area contributed by atoms with E-state index in [1.807, 2.05) is 37.3 Å². The minimum atomic E-state index is -0.292. The first-order valence-electron chi connectivity index (χ1n) is 6.10. The average Bonchev–Trinajstić information content (AvgIpc) is 2.40. The number of Topliss-reactive ketones (excluding diaryl/α,β-unsaturated/α-hetero) is 1.